The Kier molecular flexibility index (Phi) is 8.70. The van der Waals surface area contributed by atoms with E-state index in [2.05, 4.69) is 24.9 Å². The molecule has 1 aromatic heterocycles. The van der Waals surface area contributed by atoms with E-state index >= 15 is 0 Å². The molecule has 0 amide bonds. The van der Waals surface area contributed by atoms with Crippen LogP contribution in [0.1, 0.15) is 102 Å². The van der Waals surface area contributed by atoms with E-state index in [4.69, 9.17) is 0 Å². The molecule has 0 unspecified atom stereocenters. The molecule has 1 heterocycles. The predicted molar refractivity (Wildman–Crippen MR) is 122 cm³/mol. The summed E-state index contributed by atoms with van der Waals surface area (Å²) in [6.45, 7) is 4.44. The van der Waals surface area contributed by atoms with Crippen LogP contribution in [0, 0.1) is 11.7 Å². The lowest BCUT2D eigenvalue weighted by atomic mass is 9.77. The zero-order valence-corrected chi connectivity index (χ0v) is 18.4. The normalized spacial score (nSPS) is 19.4. The summed E-state index contributed by atoms with van der Waals surface area (Å²) < 4.78 is 14.6. The summed E-state index contributed by atoms with van der Waals surface area (Å²) in [7, 11) is 0. The maximum absolute atomic E-state index is 14.6. The minimum atomic E-state index is -0.151. The largest absolute Gasteiger partial charge is 0.256 e. The molecule has 2 aromatic rings. The smallest absolute Gasteiger partial charge is 0.132 e. The van der Waals surface area contributed by atoms with Crippen molar-refractivity contribution in [2.45, 2.75) is 96.8 Å². The molecule has 1 nitrogen and oxygen atoms in total. The number of aromatic nitrogens is 1. The van der Waals surface area contributed by atoms with Crippen LogP contribution in [0.4, 0.5) is 4.39 Å². The lowest BCUT2D eigenvalue weighted by Crippen LogP contribution is -2.13. The summed E-state index contributed by atoms with van der Waals surface area (Å²) in [5.41, 5.74) is 3.78. The summed E-state index contributed by atoms with van der Waals surface area (Å²) in [4.78, 5) is 4.63. The van der Waals surface area contributed by atoms with Gasteiger partial charge in [-0.25, -0.2) is 4.39 Å². The van der Waals surface area contributed by atoms with Crippen molar-refractivity contribution in [1.29, 1.82) is 0 Å². The Bertz CT molecular complexity index is 729. The topological polar surface area (TPSA) is 12.9 Å². The molecular formula is C27H38FN. The van der Waals surface area contributed by atoms with E-state index in [1.807, 2.05) is 24.4 Å². The molecule has 1 aliphatic rings. The number of halogens is 1. The van der Waals surface area contributed by atoms with Gasteiger partial charge in [-0.3, -0.25) is 4.98 Å². The average molecular weight is 396 g/mol. The number of aryl methyl sites for hydroxylation is 1. The van der Waals surface area contributed by atoms with E-state index in [0.29, 0.717) is 11.5 Å². The number of nitrogens with zero attached hydrogens (tertiary/aromatic N) is 1. The maximum Gasteiger partial charge on any atom is 0.132 e. The quantitative estimate of drug-likeness (QED) is 0.368. The maximum atomic E-state index is 14.6. The SMILES string of the molecule is CCCCCC[C@H]1CC[C@H](c2ccc(-c3ccc(CCCC)cc3F)nc2)CC1. The molecule has 0 bridgehead atoms. The van der Waals surface area contributed by atoms with E-state index in [-0.39, 0.29) is 5.82 Å². The third-order valence-electron chi connectivity index (χ3n) is 6.70. The van der Waals surface area contributed by atoms with E-state index < -0.39 is 0 Å². The molecule has 0 saturated heterocycles. The van der Waals surface area contributed by atoms with Crippen molar-refractivity contribution in [3.8, 4) is 11.3 Å². The van der Waals surface area contributed by atoms with Gasteiger partial charge in [0.25, 0.3) is 0 Å². The average Bonchev–Trinajstić information content (AvgIpc) is 2.76. The Labute approximate surface area is 177 Å². The molecule has 0 aliphatic heterocycles. The molecule has 29 heavy (non-hydrogen) atoms. The number of hydrogen-bond donors (Lipinski definition) is 0. The fourth-order valence-electron chi connectivity index (χ4n) is 4.75. The predicted octanol–water partition coefficient (Wildman–Crippen LogP) is 8.47. The molecule has 158 valence electrons. The van der Waals surface area contributed by atoms with Crippen LogP contribution in [0.25, 0.3) is 11.3 Å². The highest BCUT2D eigenvalue weighted by Gasteiger charge is 2.22. The van der Waals surface area contributed by atoms with Crippen molar-refractivity contribution in [1.82, 2.24) is 4.98 Å². The van der Waals surface area contributed by atoms with Crippen LogP contribution in [-0.4, -0.2) is 4.98 Å². The fraction of sp³-hybridized carbons (Fsp3) is 0.593. The second-order valence-electron chi connectivity index (χ2n) is 8.96. The first-order chi connectivity index (χ1) is 14.2. The summed E-state index contributed by atoms with van der Waals surface area (Å²) in [6.07, 6.45) is 17.4. The summed E-state index contributed by atoms with van der Waals surface area (Å²) >= 11 is 0. The second-order valence-corrected chi connectivity index (χ2v) is 8.96. The highest BCUT2D eigenvalue weighted by molar-refractivity contribution is 5.60. The van der Waals surface area contributed by atoms with Crippen LogP contribution in [-0.2, 0) is 6.42 Å². The lowest BCUT2D eigenvalue weighted by molar-refractivity contribution is 0.302. The third kappa shape index (κ3) is 6.39. The van der Waals surface area contributed by atoms with Crippen LogP contribution >= 0.6 is 0 Å². The first kappa shape index (κ1) is 22.0. The summed E-state index contributed by atoms with van der Waals surface area (Å²) in [5.74, 6) is 1.41. The second kappa shape index (κ2) is 11.5. The summed E-state index contributed by atoms with van der Waals surface area (Å²) in [6, 6.07) is 9.81. The van der Waals surface area contributed by atoms with Crippen LogP contribution < -0.4 is 0 Å². The van der Waals surface area contributed by atoms with Gasteiger partial charge in [0.2, 0.25) is 0 Å². The number of rotatable bonds is 10. The van der Waals surface area contributed by atoms with Gasteiger partial charge in [0, 0.05) is 11.8 Å². The van der Waals surface area contributed by atoms with Crippen LogP contribution in [0.5, 0.6) is 0 Å². The van der Waals surface area contributed by atoms with Crippen LogP contribution in [0.2, 0.25) is 0 Å². The van der Waals surface area contributed by atoms with Crippen molar-refractivity contribution >= 4 is 0 Å². The summed E-state index contributed by atoms with van der Waals surface area (Å²) in [5, 5.41) is 0. The molecule has 3 rings (SSSR count). The Morgan fingerprint density at radius 3 is 2.34 bits per heavy atom. The Morgan fingerprint density at radius 2 is 1.69 bits per heavy atom. The van der Waals surface area contributed by atoms with Gasteiger partial charge in [0.1, 0.15) is 5.82 Å². The number of hydrogen-bond acceptors (Lipinski definition) is 1. The van der Waals surface area contributed by atoms with Gasteiger partial charge < -0.3 is 0 Å². The van der Waals surface area contributed by atoms with Gasteiger partial charge in [-0.05, 0) is 79.7 Å². The molecule has 0 spiro atoms. The van der Waals surface area contributed by atoms with Crippen LogP contribution in [0.3, 0.4) is 0 Å². The number of benzene rings is 1. The standard InChI is InChI=1S/C27H38FN/c1-3-5-7-8-10-21-11-14-23(15-12-21)24-16-18-27(29-20-24)25-17-13-22(9-6-4-2)19-26(25)28/h13,16-21,23H,3-12,14-15H2,1-2H3/t21-,23-. The zero-order valence-electron chi connectivity index (χ0n) is 18.4. The van der Waals surface area contributed by atoms with Crippen molar-refractivity contribution in [3.63, 3.8) is 0 Å². The number of unbranched alkanes of at least 4 members (excludes halogenated alkanes) is 4. The minimum absolute atomic E-state index is 0.151. The van der Waals surface area contributed by atoms with E-state index in [1.54, 1.807) is 6.07 Å². The molecule has 1 saturated carbocycles. The molecular weight excluding hydrogens is 357 g/mol. The van der Waals surface area contributed by atoms with E-state index in [0.717, 1.165) is 36.4 Å². The molecule has 0 N–H and O–H groups in total. The monoisotopic (exact) mass is 395 g/mol. The van der Waals surface area contributed by atoms with Gasteiger partial charge in [0.15, 0.2) is 0 Å². The van der Waals surface area contributed by atoms with Gasteiger partial charge >= 0.3 is 0 Å². The van der Waals surface area contributed by atoms with E-state index in [9.17, 15) is 4.39 Å². The van der Waals surface area contributed by atoms with E-state index in [1.165, 1.54) is 63.4 Å². The Morgan fingerprint density at radius 1 is 0.897 bits per heavy atom. The lowest BCUT2D eigenvalue weighted by Gasteiger charge is -2.28. The van der Waals surface area contributed by atoms with Gasteiger partial charge in [-0.1, -0.05) is 64.5 Å². The zero-order chi connectivity index (χ0) is 20.5. The highest BCUT2D eigenvalue weighted by atomic mass is 19.1. The van der Waals surface area contributed by atoms with Gasteiger partial charge in [-0.15, -0.1) is 0 Å². The van der Waals surface area contributed by atoms with Gasteiger partial charge in [0.05, 0.1) is 5.69 Å². The fourth-order valence-corrected chi connectivity index (χ4v) is 4.75. The molecule has 1 fully saturated rings. The minimum Gasteiger partial charge on any atom is -0.256 e. The highest BCUT2D eigenvalue weighted by Crippen LogP contribution is 2.38. The molecule has 2 heteroatoms. The first-order valence-electron chi connectivity index (χ1n) is 12.0. The van der Waals surface area contributed by atoms with Gasteiger partial charge in [-0.2, -0.15) is 0 Å². The van der Waals surface area contributed by atoms with Crippen molar-refractivity contribution < 1.29 is 4.39 Å². The molecule has 1 aliphatic carbocycles. The van der Waals surface area contributed by atoms with Crippen molar-refractivity contribution in [2.24, 2.45) is 5.92 Å². The third-order valence-corrected chi connectivity index (χ3v) is 6.70. The molecule has 1 aromatic carbocycles. The Balaban J connectivity index is 1.54. The Hall–Kier alpha value is -1.70. The molecule has 0 atom stereocenters. The first-order valence-corrected chi connectivity index (χ1v) is 12.0. The number of pyridine rings is 1. The van der Waals surface area contributed by atoms with Crippen molar-refractivity contribution in [3.05, 3.63) is 53.5 Å². The van der Waals surface area contributed by atoms with Crippen molar-refractivity contribution in [2.75, 3.05) is 0 Å². The van der Waals surface area contributed by atoms with Crippen LogP contribution in [0.15, 0.2) is 36.5 Å². The molecule has 0 radical (unpaired) electrons.